The molecular formula is C25H28N4O2S. The Morgan fingerprint density at radius 1 is 1.16 bits per heavy atom. The first-order valence-electron chi connectivity index (χ1n) is 10.9. The average molecular weight is 449 g/mol. The molecule has 1 aliphatic rings. The van der Waals surface area contributed by atoms with Crippen LogP contribution in [0.3, 0.4) is 0 Å². The fourth-order valence-corrected chi connectivity index (χ4v) is 5.05. The quantitative estimate of drug-likeness (QED) is 0.608. The lowest BCUT2D eigenvalue weighted by Crippen LogP contribution is -2.42. The van der Waals surface area contributed by atoms with Crippen LogP contribution in [-0.2, 0) is 11.2 Å². The van der Waals surface area contributed by atoms with Gasteiger partial charge in [-0.3, -0.25) is 14.6 Å². The number of aromatic nitrogens is 2. The number of piperidine rings is 1. The summed E-state index contributed by atoms with van der Waals surface area (Å²) in [6.07, 6.45) is 3.05. The third-order valence-corrected chi connectivity index (χ3v) is 6.61. The largest absolute Gasteiger partial charge is 0.338 e. The maximum Gasteiger partial charge on any atom is 0.253 e. The predicted octanol–water partition coefficient (Wildman–Crippen LogP) is 4.81. The number of thiazole rings is 1. The van der Waals surface area contributed by atoms with Gasteiger partial charge < -0.3 is 10.2 Å². The molecule has 0 bridgehead atoms. The van der Waals surface area contributed by atoms with E-state index in [0.29, 0.717) is 28.8 Å². The van der Waals surface area contributed by atoms with Crippen molar-refractivity contribution in [1.29, 1.82) is 0 Å². The van der Waals surface area contributed by atoms with Crippen molar-refractivity contribution in [3.05, 3.63) is 64.8 Å². The first-order chi connectivity index (χ1) is 15.4. The van der Waals surface area contributed by atoms with Crippen LogP contribution in [0.4, 0.5) is 5.69 Å². The van der Waals surface area contributed by atoms with E-state index in [-0.39, 0.29) is 18.2 Å². The molecule has 166 valence electrons. The molecule has 1 aliphatic heterocycles. The Hall–Kier alpha value is -3.06. The van der Waals surface area contributed by atoms with Crippen LogP contribution >= 0.6 is 11.3 Å². The summed E-state index contributed by atoms with van der Waals surface area (Å²) < 4.78 is 0. The van der Waals surface area contributed by atoms with Gasteiger partial charge in [-0.05, 0) is 55.0 Å². The molecule has 0 radical (unpaired) electrons. The highest BCUT2D eigenvalue weighted by Crippen LogP contribution is 2.25. The number of rotatable bonds is 5. The number of aryl methyl sites for hydroxylation is 1. The first-order valence-corrected chi connectivity index (χ1v) is 11.8. The van der Waals surface area contributed by atoms with Crippen molar-refractivity contribution in [2.75, 3.05) is 18.4 Å². The van der Waals surface area contributed by atoms with Crippen molar-refractivity contribution >= 4 is 28.8 Å². The maximum atomic E-state index is 13.1. The third-order valence-electron chi connectivity index (χ3n) is 5.69. The van der Waals surface area contributed by atoms with Crippen molar-refractivity contribution in [3.63, 3.8) is 0 Å². The van der Waals surface area contributed by atoms with E-state index in [1.165, 1.54) is 11.3 Å². The Morgan fingerprint density at radius 3 is 2.66 bits per heavy atom. The highest BCUT2D eigenvalue weighted by atomic mass is 32.1. The van der Waals surface area contributed by atoms with Crippen LogP contribution in [0.15, 0.2) is 48.0 Å². The van der Waals surface area contributed by atoms with Crippen molar-refractivity contribution in [1.82, 2.24) is 14.9 Å². The van der Waals surface area contributed by atoms with Gasteiger partial charge in [0.2, 0.25) is 5.91 Å². The van der Waals surface area contributed by atoms with Crippen LogP contribution in [0.2, 0.25) is 0 Å². The fourth-order valence-electron chi connectivity index (χ4n) is 4.26. The van der Waals surface area contributed by atoms with Gasteiger partial charge in [0.05, 0.1) is 17.8 Å². The summed E-state index contributed by atoms with van der Waals surface area (Å²) in [4.78, 5) is 36.5. The van der Waals surface area contributed by atoms with E-state index in [0.717, 1.165) is 35.8 Å². The van der Waals surface area contributed by atoms with Gasteiger partial charge >= 0.3 is 0 Å². The number of nitrogens with zero attached hydrogens (tertiary/aromatic N) is 3. The summed E-state index contributed by atoms with van der Waals surface area (Å²) in [6.45, 7) is 7.86. The van der Waals surface area contributed by atoms with Crippen LogP contribution in [0.25, 0.3) is 10.7 Å². The van der Waals surface area contributed by atoms with Crippen LogP contribution in [0.5, 0.6) is 0 Å². The SMILES string of the molecule is Cc1ccc(C(=O)N2CC(C)CC(C)C2)cc1NC(=O)Cc1csc(-c2ccccn2)n1. The van der Waals surface area contributed by atoms with Crippen molar-refractivity contribution in [2.45, 2.75) is 33.6 Å². The van der Waals surface area contributed by atoms with Crippen molar-refractivity contribution < 1.29 is 9.59 Å². The minimum Gasteiger partial charge on any atom is -0.338 e. The zero-order valence-electron chi connectivity index (χ0n) is 18.7. The molecule has 1 N–H and O–H groups in total. The lowest BCUT2D eigenvalue weighted by molar-refractivity contribution is -0.115. The molecule has 2 amide bonds. The van der Waals surface area contributed by atoms with E-state index >= 15 is 0 Å². The number of likely N-dealkylation sites (tertiary alicyclic amines) is 1. The number of benzene rings is 1. The van der Waals surface area contributed by atoms with Gasteiger partial charge in [0.1, 0.15) is 5.01 Å². The van der Waals surface area contributed by atoms with Gasteiger partial charge in [-0.25, -0.2) is 4.98 Å². The number of hydrogen-bond donors (Lipinski definition) is 1. The molecule has 2 unspecified atom stereocenters. The summed E-state index contributed by atoms with van der Waals surface area (Å²) in [6, 6.07) is 11.2. The Morgan fingerprint density at radius 2 is 1.94 bits per heavy atom. The lowest BCUT2D eigenvalue weighted by Gasteiger charge is -2.35. The van der Waals surface area contributed by atoms with Crippen LogP contribution in [0, 0.1) is 18.8 Å². The van der Waals surface area contributed by atoms with Gasteiger partial charge in [0.25, 0.3) is 5.91 Å². The topological polar surface area (TPSA) is 75.2 Å². The van der Waals surface area contributed by atoms with E-state index in [1.54, 1.807) is 12.3 Å². The van der Waals surface area contributed by atoms with E-state index in [2.05, 4.69) is 29.1 Å². The molecule has 0 aliphatic carbocycles. The van der Waals surface area contributed by atoms with Gasteiger partial charge in [-0.15, -0.1) is 11.3 Å². The Bertz CT molecular complexity index is 1100. The molecule has 0 spiro atoms. The molecule has 0 saturated carbocycles. The smallest absolute Gasteiger partial charge is 0.253 e. The molecule has 2 atom stereocenters. The van der Waals surface area contributed by atoms with Crippen molar-refractivity contribution in [2.24, 2.45) is 11.8 Å². The molecule has 7 heteroatoms. The molecule has 1 aromatic carbocycles. The average Bonchev–Trinajstić information content (AvgIpc) is 3.23. The number of carbonyl (C=O) groups is 2. The van der Waals surface area contributed by atoms with Gasteiger partial charge in [-0.1, -0.05) is 26.0 Å². The van der Waals surface area contributed by atoms with E-state index < -0.39 is 0 Å². The van der Waals surface area contributed by atoms with Crippen LogP contribution in [0.1, 0.15) is 41.9 Å². The van der Waals surface area contributed by atoms with Gasteiger partial charge in [-0.2, -0.15) is 0 Å². The Balaban J connectivity index is 1.43. The van der Waals surface area contributed by atoms with Crippen molar-refractivity contribution in [3.8, 4) is 10.7 Å². The zero-order chi connectivity index (χ0) is 22.7. The second-order valence-electron chi connectivity index (χ2n) is 8.77. The summed E-state index contributed by atoms with van der Waals surface area (Å²) in [5, 5.41) is 5.64. The monoisotopic (exact) mass is 448 g/mol. The minimum absolute atomic E-state index is 0.0263. The normalized spacial score (nSPS) is 18.4. The summed E-state index contributed by atoms with van der Waals surface area (Å²) in [7, 11) is 0. The van der Waals surface area contributed by atoms with E-state index in [4.69, 9.17) is 0 Å². The molecule has 6 nitrogen and oxygen atoms in total. The number of hydrogen-bond acceptors (Lipinski definition) is 5. The first kappa shape index (κ1) is 22.1. The second kappa shape index (κ2) is 9.61. The van der Waals surface area contributed by atoms with E-state index in [9.17, 15) is 9.59 Å². The predicted molar refractivity (Wildman–Crippen MR) is 128 cm³/mol. The second-order valence-corrected chi connectivity index (χ2v) is 9.63. The highest BCUT2D eigenvalue weighted by Gasteiger charge is 2.26. The lowest BCUT2D eigenvalue weighted by atomic mass is 9.91. The number of nitrogens with one attached hydrogen (secondary N) is 1. The Labute approximate surface area is 192 Å². The standard InChI is InChI=1S/C25H28N4O2S/c1-16-10-17(2)14-29(13-16)25(31)19-8-7-18(3)22(11-19)28-23(30)12-20-15-32-24(27-20)21-6-4-5-9-26-21/h4-9,11,15-17H,10,12-14H2,1-3H3,(H,28,30). The summed E-state index contributed by atoms with van der Waals surface area (Å²) in [5.41, 5.74) is 3.70. The fraction of sp³-hybridized carbons (Fsp3) is 0.360. The molecule has 3 aromatic rings. The summed E-state index contributed by atoms with van der Waals surface area (Å²) >= 11 is 1.47. The maximum absolute atomic E-state index is 13.1. The third kappa shape index (κ3) is 5.22. The number of carbonyl (C=O) groups excluding carboxylic acids is 2. The Kier molecular flexibility index (Phi) is 6.65. The summed E-state index contributed by atoms with van der Waals surface area (Å²) in [5.74, 6) is 0.872. The zero-order valence-corrected chi connectivity index (χ0v) is 19.5. The molecular weight excluding hydrogens is 420 g/mol. The molecule has 32 heavy (non-hydrogen) atoms. The molecule has 1 saturated heterocycles. The molecule has 4 rings (SSSR count). The van der Waals surface area contributed by atoms with Gasteiger partial charge in [0, 0.05) is 35.9 Å². The highest BCUT2D eigenvalue weighted by molar-refractivity contribution is 7.13. The number of pyridine rings is 1. The number of amides is 2. The molecule has 2 aromatic heterocycles. The van der Waals surface area contributed by atoms with Crippen LogP contribution < -0.4 is 5.32 Å². The van der Waals surface area contributed by atoms with Gasteiger partial charge in [0.15, 0.2) is 0 Å². The molecule has 3 heterocycles. The molecule has 1 fully saturated rings. The minimum atomic E-state index is -0.157. The van der Waals surface area contributed by atoms with E-state index in [1.807, 2.05) is 47.5 Å². The van der Waals surface area contributed by atoms with Crippen LogP contribution in [-0.4, -0.2) is 39.8 Å². The number of anilines is 1.